The van der Waals surface area contributed by atoms with E-state index in [1.165, 1.54) is 18.4 Å². The molecule has 54 valence electrons. The van der Waals surface area contributed by atoms with Crippen LogP contribution in [-0.2, 0) is 0 Å². The molecule has 0 saturated heterocycles. The Morgan fingerprint density at radius 2 is 2.50 bits per heavy atom. The van der Waals surface area contributed by atoms with Gasteiger partial charge in [-0.25, -0.2) is 0 Å². The van der Waals surface area contributed by atoms with Crippen LogP contribution in [0.5, 0.6) is 0 Å². The van der Waals surface area contributed by atoms with Crippen molar-refractivity contribution in [3.05, 3.63) is 22.1 Å². The fourth-order valence-electron chi connectivity index (χ4n) is 1.17. The second-order valence-electron chi connectivity index (χ2n) is 2.50. The van der Waals surface area contributed by atoms with E-state index in [-0.39, 0.29) is 0 Å². The first-order valence-electron chi connectivity index (χ1n) is 3.62. The van der Waals surface area contributed by atoms with Gasteiger partial charge in [0.25, 0.3) is 0 Å². The van der Waals surface area contributed by atoms with Crippen molar-refractivity contribution >= 4 is 0 Å². The molecule has 0 fully saturated rings. The van der Waals surface area contributed by atoms with E-state index >= 15 is 0 Å². The minimum Gasteiger partial charge on any atom is -0.0896 e. The zero-order valence-electron chi connectivity index (χ0n) is 5.95. The van der Waals surface area contributed by atoms with Crippen molar-refractivity contribution in [2.24, 2.45) is 5.11 Å². The Morgan fingerprint density at radius 3 is 3.10 bits per heavy atom. The third-order valence-corrected chi connectivity index (χ3v) is 1.72. The molecule has 0 unspecified atom stereocenters. The summed E-state index contributed by atoms with van der Waals surface area (Å²) in [4.78, 5) is 2.71. The molecule has 0 N–H and O–H groups in total. The summed E-state index contributed by atoms with van der Waals surface area (Å²) in [5.41, 5.74) is 9.34. The van der Waals surface area contributed by atoms with E-state index in [9.17, 15) is 0 Å². The fraction of sp³-hybridized carbons (Fsp3) is 0.714. The summed E-state index contributed by atoms with van der Waals surface area (Å²) in [5.74, 6) is 0. The van der Waals surface area contributed by atoms with E-state index in [0.717, 1.165) is 12.8 Å². The molecule has 1 rings (SSSR count). The van der Waals surface area contributed by atoms with Gasteiger partial charge in [-0.3, -0.25) is 0 Å². The minimum atomic E-state index is 0.580. The van der Waals surface area contributed by atoms with Crippen molar-refractivity contribution in [2.45, 2.75) is 25.7 Å². The van der Waals surface area contributed by atoms with Gasteiger partial charge in [0.2, 0.25) is 0 Å². The van der Waals surface area contributed by atoms with Gasteiger partial charge in [0.15, 0.2) is 0 Å². The molecule has 0 aromatic carbocycles. The van der Waals surface area contributed by atoms with E-state index in [1.54, 1.807) is 0 Å². The SMILES string of the molecule is [N-]=[N+]=NCC1=CCCCC1. The van der Waals surface area contributed by atoms with Crippen LogP contribution in [0.2, 0.25) is 0 Å². The molecule has 0 aliphatic heterocycles. The van der Waals surface area contributed by atoms with Gasteiger partial charge in [-0.2, -0.15) is 0 Å². The number of hydrogen-bond donors (Lipinski definition) is 0. The normalized spacial score (nSPS) is 17.4. The van der Waals surface area contributed by atoms with Crippen LogP contribution in [0.15, 0.2) is 16.8 Å². The van der Waals surface area contributed by atoms with Gasteiger partial charge in [-0.05, 0) is 31.2 Å². The maximum absolute atomic E-state index is 8.03. The molecule has 0 heterocycles. The van der Waals surface area contributed by atoms with Crippen LogP contribution < -0.4 is 0 Å². The summed E-state index contributed by atoms with van der Waals surface area (Å²) in [7, 11) is 0. The van der Waals surface area contributed by atoms with Crippen LogP contribution in [0.25, 0.3) is 10.4 Å². The first-order valence-corrected chi connectivity index (χ1v) is 3.62. The number of allylic oxidation sites excluding steroid dienone is 1. The molecule has 0 aromatic rings. The Labute approximate surface area is 60.4 Å². The Hall–Kier alpha value is -0.950. The smallest absolute Gasteiger partial charge is 0.0470 e. The molecule has 0 spiro atoms. The summed E-state index contributed by atoms with van der Waals surface area (Å²) in [6, 6.07) is 0. The lowest BCUT2D eigenvalue weighted by atomic mass is 10.00. The predicted molar refractivity (Wildman–Crippen MR) is 40.6 cm³/mol. The average molecular weight is 137 g/mol. The molecule has 0 aromatic heterocycles. The van der Waals surface area contributed by atoms with Gasteiger partial charge in [0.05, 0.1) is 0 Å². The first kappa shape index (κ1) is 7.16. The lowest BCUT2D eigenvalue weighted by Crippen LogP contribution is -1.93. The van der Waals surface area contributed by atoms with Crippen molar-refractivity contribution in [1.82, 2.24) is 0 Å². The standard InChI is InChI=1S/C7H11N3/c8-10-9-6-7-4-2-1-3-5-7/h4H,1-3,5-6H2. The third-order valence-electron chi connectivity index (χ3n) is 1.72. The van der Waals surface area contributed by atoms with E-state index in [2.05, 4.69) is 16.1 Å². The molecule has 10 heavy (non-hydrogen) atoms. The van der Waals surface area contributed by atoms with Crippen molar-refractivity contribution < 1.29 is 0 Å². The Balaban J connectivity index is 2.38. The van der Waals surface area contributed by atoms with Crippen LogP contribution in [0.1, 0.15) is 25.7 Å². The van der Waals surface area contributed by atoms with Gasteiger partial charge < -0.3 is 0 Å². The highest BCUT2D eigenvalue weighted by molar-refractivity contribution is 5.06. The van der Waals surface area contributed by atoms with E-state index in [1.807, 2.05) is 0 Å². The summed E-state index contributed by atoms with van der Waals surface area (Å²) < 4.78 is 0. The van der Waals surface area contributed by atoms with Crippen molar-refractivity contribution in [3.8, 4) is 0 Å². The molecule has 3 nitrogen and oxygen atoms in total. The van der Waals surface area contributed by atoms with Crippen LogP contribution in [0.3, 0.4) is 0 Å². The highest BCUT2D eigenvalue weighted by Crippen LogP contribution is 2.16. The van der Waals surface area contributed by atoms with Crippen LogP contribution in [-0.4, -0.2) is 6.54 Å². The van der Waals surface area contributed by atoms with Crippen molar-refractivity contribution in [2.75, 3.05) is 6.54 Å². The van der Waals surface area contributed by atoms with E-state index in [4.69, 9.17) is 5.53 Å². The van der Waals surface area contributed by atoms with Gasteiger partial charge >= 0.3 is 0 Å². The summed E-state index contributed by atoms with van der Waals surface area (Å²) >= 11 is 0. The summed E-state index contributed by atoms with van der Waals surface area (Å²) in [6.07, 6.45) is 7.03. The zero-order valence-corrected chi connectivity index (χ0v) is 5.95. The molecular weight excluding hydrogens is 126 g/mol. The third kappa shape index (κ3) is 2.11. The number of hydrogen-bond acceptors (Lipinski definition) is 1. The largest absolute Gasteiger partial charge is 0.0896 e. The van der Waals surface area contributed by atoms with E-state index in [0.29, 0.717) is 6.54 Å². The van der Waals surface area contributed by atoms with Crippen LogP contribution in [0.4, 0.5) is 0 Å². The lowest BCUT2D eigenvalue weighted by molar-refractivity contribution is 0.691. The minimum absolute atomic E-state index is 0.580. The highest BCUT2D eigenvalue weighted by atomic mass is 15.1. The summed E-state index contributed by atoms with van der Waals surface area (Å²) in [6.45, 7) is 0.580. The molecule has 3 heteroatoms. The first-order chi connectivity index (χ1) is 4.93. The highest BCUT2D eigenvalue weighted by Gasteiger charge is 2.00. The lowest BCUT2D eigenvalue weighted by Gasteiger charge is -2.08. The average Bonchev–Trinajstić information content (AvgIpc) is 2.03. The van der Waals surface area contributed by atoms with Gasteiger partial charge in [-0.15, -0.1) is 0 Å². The van der Waals surface area contributed by atoms with Gasteiger partial charge in [-0.1, -0.05) is 16.8 Å². The number of azide groups is 1. The molecule has 1 aliphatic carbocycles. The maximum Gasteiger partial charge on any atom is 0.0470 e. The fourth-order valence-corrected chi connectivity index (χ4v) is 1.17. The molecule has 0 atom stereocenters. The second-order valence-corrected chi connectivity index (χ2v) is 2.50. The maximum atomic E-state index is 8.03. The number of rotatable bonds is 2. The van der Waals surface area contributed by atoms with Crippen molar-refractivity contribution in [1.29, 1.82) is 0 Å². The summed E-state index contributed by atoms with van der Waals surface area (Å²) in [5, 5.41) is 3.51. The second kappa shape index (κ2) is 3.96. The van der Waals surface area contributed by atoms with Crippen molar-refractivity contribution in [3.63, 3.8) is 0 Å². The topological polar surface area (TPSA) is 48.8 Å². The molecule has 1 aliphatic rings. The number of nitrogens with zero attached hydrogens (tertiary/aromatic N) is 3. The molecule has 0 saturated carbocycles. The Morgan fingerprint density at radius 1 is 1.60 bits per heavy atom. The van der Waals surface area contributed by atoms with E-state index < -0.39 is 0 Å². The Bertz CT molecular complexity index is 177. The van der Waals surface area contributed by atoms with Crippen LogP contribution in [0, 0.1) is 0 Å². The molecule has 0 radical (unpaired) electrons. The monoisotopic (exact) mass is 137 g/mol. The zero-order chi connectivity index (χ0) is 7.23. The van der Waals surface area contributed by atoms with Gasteiger partial charge in [0, 0.05) is 11.5 Å². The predicted octanol–water partition coefficient (Wildman–Crippen LogP) is 2.80. The molecule has 0 amide bonds. The van der Waals surface area contributed by atoms with Crippen LogP contribution >= 0.6 is 0 Å². The molecular formula is C7H11N3. The molecule has 0 bridgehead atoms. The van der Waals surface area contributed by atoms with Gasteiger partial charge in [0.1, 0.15) is 0 Å². The Kier molecular flexibility index (Phi) is 2.84. The quantitative estimate of drug-likeness (QED) is 0.243.